The van der Waals surface area contributed by atoms with E-state index in [9.17, 15) is 0 Å². The molecule has 2 heteroatoms. The van der Waals surface area contributed by atoms with Crippen LogP contribution in [-0.4, -0.2) is 6.21 Å². The lowest BCUT2D eigenvalue weighted by molar-refractivity contribution is 0.356. The summed E-state index contributed by atoms with van der Waals surface area (Å²) in [6, 6.07) is 0. The van der Waals surface area contributed by atoms with Gasteiger partial charge in [0.2, 0.25) is 0 Å². The predicted molar refractivity (Wildman–Crippen MR) is 89.9 cm³/mol. The van der Waals surface area contributed by atoms with Gasteiger partial charge in [0.25, 0.3) is 0 Å². The van der Waals surface area contributed by atoms with E-state index in [4.69, 9.17) is 0 Å². The van der Waals surface area contributed by atoms with E-state index in [0.717, 1.165) is 6.42 Å². The van der Waals surface area contributed by atoms with Crippen molar-refractivity contribution in [1.82, 2.24) is 5.43 Å². The second-order valence-corrected chi connectivity index (χ2v) is 7.00. The van der Waals surface area contributed by atoms with Crippen LogP contribution in [0, 0.1) is 5.41 Å². The third kappa shape index (κ3) is 9.82. The van der Waals surface area contributed by atoms with Crippen molar-refractivity contribution in [3.05, 3.63) is 23.9 Å². The van der Waals surface area contributed by atoms with Crippen molar-refractivity contribution in [3.8, 4) is 0 Å². The van der Waals surface area contributed by atoms with Crippen molar-refractivity contribution in [3.63, 3.8) is 0 Å². The Bertz CT molecular complexity index is 332. The van der Waals surface area contributed by atoms with Crippen molar-refractivity contribution < 1.29 is 0 Å². The summed E-state index contributed by atoms with van der Waals surface area (Å²) in [6.45, 7) is 7.01. The van der Waals surface area contributed by atoms with Crippen molar-refractivity contribution in [1.29, 1.82) is 0 Å². The molecule has 0 atom stereocenters. The van der Waals surface area contributed by atoms with E-state index in [1.165, 1.54) is 57.1 Å². The normalized spacial score (nSPS) is 14.8. The van der Waals surface area contributed by atoms with Gasteiger partial charge in [-0.15, -0.1) is 0 Å². The van der Waals surface area contributed by atoms with E-state index in [1.54, 1.807) is 6.21 Å². The molecule has 0 bridgehead atoms. The van der Waals surface area contributed by atoms with E-state index in [2.05, 4.69) is 37.4 Å². The molecule has 1 N–H and O–H groups in total. The van der Waals surface area contributed by atoms with Crippen LogP contribution >= 0.6 is 0 Å². The molecule has 0 aromatic carbocycles. The van der Waals surface area contributed by atoms with Crippen LogP contribution < -0.4 is 5.43 Å². The first-order chi connectivity index (χ1) is 9.58. The topological polar surface area (TPSA) is 24.4 Å². The van der Waals surface area contributed by atoms with Crippen LogP contribution in [0.3, 0.4) is 0 Å². The van der Waals surface area contributed by atoms with Crippen LogP contribution in [0.25, 0.3) is 0 Å². The summed E-state index contributed by atoms with van der Waals surface area (Å²) in [7, 11) is 0. The van der Waals surface area contributed by atoms with Crippen LogP contribution in [0.1, 0.15) is 78.6 Å². The van der Waals surface area contributed by atoms with Crippen LogP contribution in [0.4, 0.5) is 0 Å². The first-order valence-electron chi connectivity index (χ1n) is 8.23. The number of allylic oxidation sites excluding steroid dienone is 4. The lowest BCUT2D eigenvalue weighted by Crippen LogP contribution is -2.04. The Labute approximate surface area is 125 Å². The highest BCUT2D eigenvalue weighted by molar-refractivity contribution is 5.71. The molecule has 1 rings (SSSR count). The first kappa shape index (κ1) is 17.0. The third-order valence-corrected chi connectivity index (χ3v) is 3.65. The molecule has 0 unspecified atom stereocenters. The average molecular weight is 276 g/mol. The Morgan fingerprint density at radius 2 is 1.55 bits per heavy atom. The second-order valence-electron chi connectivity index (χ2n) is 7.00. The zero-order valence-electron chi connectivity index (χ0n) is 13.6. The van der Waals surface area contributed by atoms with Crippen molar-refractivity contribution in [2.45, 2.75) is 78.6 Å². The molecule has 0 saturated carbocycles. The standard InChI is InChI=1S/C18H32N2/c1-18(2,3)15-11-8-6-4-5-7-9-13-17-14-10-12-16-19-20-17/h10,12,14,16,20H,4-9,11,13,15H2,1-3H3. The van der Waals surface area contributed by atoms with E-state index in [0.29, 0.717) is 5.41 Å². The van der Waals surface area contributed by atoms with Gasteiger partial charge in [-0.05, 0) is 36.8 Å². The van der Waals surface area contributed by atoms with Gasteiger partial charge in [-0.25, -0.2) is 0 Å². The highest BCUT2D eigenvalue weighted by atomic mass is 15.3. The summed E-state index contributed by atoms with van der Waals surface area (Å²) in [5, 5.41) is 4.09. The molecule has 0 radical (unpaired) electrons. The second kappa shape index (κ2) is 9.79. The van der Waals surface area contributed by atoms with E-state index >= 15 is 0 Å². The Hall–Kier alpha value is -1.05. The minimum atomic E-state index is 0.510. The third-order valence-electron chi connectivity index (χ3n) is 3.65. The van der Waals surface area contributed by atoms with E-state index in [-0.39, 0.29) is 0 Å². The van der Waals surface area contributed by atoms with E-state index < -0.39 is 0 Å². The molecular weight excluding hydrogens is 244 g/mol. The van der Waals surface area contributed by atoms with Crippen LogP contribution in [0.2, 0.25) is 0 Å². The molecule has 0 spiro atoms. The molecule has 0 aliphatic carbocycles. The van der Waals surface area contributed by atoms with Crippen LogP contribution in [-0.2, 0) is 0 Å². The number of hydrogen-bond acceptors (Lipinski definition) is 2. The Morgan fingerprint density at radius 3 is 2.25 bits per heavy atom. The largest absolute Gasteiger partial charge is 0.283 e. The Kier molecular flexibility index (Phi) is 8.32. The van der Waals surface area contributed by atoms with Crippen molar-refractivity contribution in [2.75, 3.05) is 0 Å². The van der Waals surface area contributed by atoms with Crippen molar-refractivity contribution >= 4 is 6.21 Å². The molecule has 20 heavy (non-hydrogen) atoms. The number of hydrogen-bond donors (Lipinski definition) is 1. The fourth-order valence-corrected chi connectivity index (χ4v) is 2.42. The average Bonchev–Trinajstić information content (AvgIpc) is 2.64. The summed E-state index contributed by atoms with van der Waals surface area (Å²) < 4.78 is 0. The first-order valence-corrected chi connectivity index (χ1v) is 8.23. The van der Waals surface area contributed by atoms with Gasteiger partial charge in [0, 0.05) is 11.9 Å². The minimum Gasteiger partial charge on any atom is -0.283 e. The monoisotopic (exact) mass is 276 g/mol. The highest BCUT2D eigenvalue weighted by Crippen LogP contribution is 2.22. The zero-order chi connectivity index (χ0) is 14.7. The summed E-state index contributed by atoms with van der Waals surface area (Å²) >= 11 is 0. The molecule has 0 aromatic heterocycles. The maximum atomic E-state index is 4.09. The summed E-state index contributed by atoms with van der Waals surface area (Å²) in [4.78, 5) is 0. The number of rotatable bonds is 9. The van der Waals surface area contributed by atoms with Crippen LogP contribution in [0.15, 0.2) is 29.0 Å². The summed E-state index contributed by atoms with van der Waals surface area (Å²) in [5.74, 6) is 0. The van der Waals surface area contributed by atoms with Gasteiger partial charge in [0.05, 0.1) is 0 Å². The predicted octanol–water partition coefficient (Wildman–Crippen LogP) is 5.57. The zero-order valence-corrected chi connectivity index (χ0v) is 13.6. The molecular formula is C18H32N2. The van der Waals surface area contributed by atoms with Gasteiger partial charge in [-0.3, -0.25) is 5.43 Å². The highest BCUT2D eigenvalue weighted by Gasteiger charge is 2.08. The number of nitrogens with one attached hydrogen (secondary N) is 1. The molecule has 1 aliphatic heterocycles. The van der Waals surface area contributed by atoms with Crippen molar-refractivity contribution in [2.24, 2.45) is 10.5 Å². The molecule has 0 saturated heterocycles. The number of unbranched alkanes of at least 4 members (excludes halogenated alkanes) is 6. The molecule has 1 aliphatic rings. The van der Waals surface area contributed by atoms with Gasteiger partial charge in [-0.2, -0.15) is 5.10 Å². The Morgan fingerprint density at radius 1 is 0.900 bits per heavy atom. The van der Waals surface area contributed by atoms with Gasteiger partial charge in [-0.1, -0.05) is 65.4 Å². The summed E-state index contributed by atoms with van der Waals surface area (Å²) in [6.07, 6.45) is 20.0. The maximum absolute atomic E-state index is 4.09. The summed E-state index contributed by atoms with van der Waals surface area (Å²) in [5.41, 5.74) is 4.83. The fraction of sp³-hybridized carbons (Fsp3) is 0.722. The van der Waals surface area contributed by atoms with Gasteiger partial charge in [0.15, 0.2) is 0 Å². The van der Waals surface area contributed by atoms with Gasteiger partial charge < -0.3 is 0 Å². The minimum absolute atomic E-state index is 0.510. The molecule has 2 nitrogen and oxygen atoms in total. The molecule has 114 valence electrons. The number of nitrogens with zero attached hydrogens (tertiary/aromatic N) is 1. The van der Waals surface area contributed by atoms with E-state index in [1.807, 2.05) is 12.2 Å². The lowest BCUT2D eigenvalue weighted by Gasteiger charge is -2.17. The van der Waals surface area contributed by atoms with Gasteiger partial charge in [0.1, 0.15) is 0 Å². The maximum Gasteiger partial charge on any atom is 0.0472 e. The molecule has 0 aromatic rings. The van der Waals surface area contributed by atoms with Crippen LogP contribution in [0.5, 0.6) is 0 Å². The fourth-order valence-electron chi connectivity index (χ4n) is 2.42. The molecule has 0 fully saturated rings. The SMILES string of the molecule is CC(C)(C)CCCCCCCCCC1=CC=CC=NN1. The smallest absolute Gasteiger partial charge is 0.0472 e. The Balaban J connectivity index is 1.89. The molecule has 0 amide bonds. The lowest BCUT2D eigenvalue weighted by atomic mass is 9.89. The number of hydrazone groups is 1. The van der Waals surface area contributed by atoms with Gasteiger partial charge >= 0.3 is 0 Å². The quantitative estimate of drug-likeness (QED) is 0.547. The molecule has 1 heterocycles.